The number of carbonyl (C=O) groups excluding carboxylic acids is 1. The summed E-state index contributed by atoms with van der Waals surface area (Å²) in [5.74, 6) is 0.142. The lowest BCUT2D eigenvalue weighted by molar-refractivity contribution is -0.0106. The maximum absolute atomic E-state index is 12.9. The molecule has 1 atom stereocenters. The number of morpholine rings is 1. The van der Waals surface area contributed by atoms with Crippen molar-refractivity contribution in [1.29, 1.82) is 0 Å². The molecule has 1 saturated heterocycles. The van der Waals surface area contributed by atoms with Gasteiger partial charge in [-0.2, -0.15) is 0 Å². The molecule has 1 fully saturated rings. The molecule has 1 aliphatic rings. The molecular weight excluding hydrogens is 274 g/mol. The van der Waals surface area contributed by atoms with Crippen molar-refractivity contribution in [3.8, 4) is 0 Å². The van der Waals surface area contributed by atoms with Crippen molar-refractivity contribution < 1.29 is 9.53 Å². The second kappa shape index (κ2) is 6.25. The maximum Gasteiger partial charge on any atom is 0.182 e. The third-order valence-electron chi connectivity index (χ3n) is 4.32. The zero-order chi connectivity index (χ0) is 14.8. The number of Topliss-reactive ketones (excluding diaryl/α,β-unsaturated/α-hetero) is 1. The highest BCUT2D eigenvalue weighted by Gasteiger charge is 2.38. The van der Waals surface area contributed by atoms with E-state index in [9.17, 15) is 4.79 Å². The fraction of sp³-hybridized carbons (Fsp3) is 0.562. The summed E-state index contributed by atoms with van der Waals surface area (Å²) in [5.41, 5.74) is 1.20. The normalized spacial score (nSPS) is 19.6. The molecule has 20 heavy (non-hydrogen) atoms. The minimum Gasteiger partial charge on any atom is -0.379 e. The Hall–Kier alpha value is -0.900. The predicted octanol–water partition coefficient (Wildman–Crippen LogP) is 3.33. The SMILES string of the molecule is CCC(C)(C(=O)c1ccc(C)c(Cl)c1)N1CCOCC1. The lowest BCUT2D eigenvalue weighted by Crippen LogP contribution is -2.56. The predicted molar refractivity (Wildman–Crippen MR) is 81.6 cm³/mol. The zero-order valence-corrected chi connectivity index (χ0v) is 13.2. The third kappa shape index (κ3) is 2.90. The molecular formula is C16H22ClNO2. The van der Waals surface area contributed by atoms with Gasteiger partial charge in [-0.1, -0.05) is 30.7 Å². The smallest absolute Gasteiger partial charge is 0.182 e. The summed E-state index contributed by atoms with van der Waals surface area (Å²) in [6.45, 7) is 9.01. The van der Waals surface area contributed by atoms with Gasteiger partial charge in [0, 0.05) is 23.7 Å². The highest BCUT2D eigenvalue weighted by molar-refractivity contribution is 6.31. The van der Waals surface area contributed by atoms with Crippen LogP contribution in [-0.2, 0) is 4.74 Å². The molecule has 1 aromatic carbocycles. The molecule has 0 aliphatic carbocycles. The van der Waals surface area contributed by atoms with Crippen molar-refractivity contribution in [1.82, 2.24) is 4.90 Å². The Morgan fingerprint density at radius 1 is 1.40 bits per heavy atom. The number of hydrogen-bond acceptors (Lipinski definition) is 3. The summed E-state index contributed by atoms with van der Waals surface area (Å²) in [5, 5.41) is 0.649. The van der Waals surface area contributed by atoms with Crippen LogP contribution < -0.4 is 0 Å². The maximum atomic E-state index is 12.9. The van der Waals surface area contributed by atoms with Crippen LogP contribution in [0.4, 0.5) is 0 Å². The second-order valence-electron chi connectivity index (χ2n) is 5.52. The van der Waals surface area contributed by atoms with E-state index >= 15 is 0 Å². The average Bonchev–Trinajstić information content (AvgIpc) is 2.49. The van der Waals surface area contributed by atoms with Gasteiger partial charge in [0.15, 0.2) is 5.78 Å². The Bertz CT molecular complexity index is 497. The van der Waals surface area contributed by atoms with Crippen LogP contribution in [0.5, 0.6) is 0 Å². The summed E-state index contributed by atoms with van der Waals surface area (Å²) < 4.78 is 5.39. The van der Waals surface area contributed by atoms with Gasteiger partial charge in [-0.15, -0.1) is 0 Å². The van der Waals surface area contributed by atoms with Crippen LogP contribution >= 0.6 is 11.6 Å². The van der Waals surface area contributed by atoms with Crippen molar-refractivity contribution in [2.24, 2.45) is 0 Å². The first-order valence-corrected chi connectivity index (χ1v) is 7.50. The third-order valence-corrected chi connectivity index (χ3v) is 4.73. The van der Waals surface area contributed by atoms with Crippen LogP contribution in [0.3, 0.4) is 0 Å². The highest BCUT2D eigenvalue weighted by atomic mass is 35.5. The second-order valence-corrected chi connectivity index (χ2v) is 5.93. The molecule has 1 heterocycles. The van der Waals surface area contributed by atoms with Crippen molar-refractivity contribution in [2.45, 2.75) is 32.7 Å². The number of ketones is 1. The molecule has 1 aromatic rings. The molecule has 4 heteroatoms. The standard InChI is InChI=1S/C16H22ClNO2/c1-4-16(3,18-7-9-20-10-8-18)15(19)13-6-5-12(2)14(17)11-13/h5-6,11H,4,7-10H2,1-3H3. The molecule has 0 spiro atoms. The van der Waals surface area contributed by atoms with E-state index in [0.29, 0.717) is 23.8 Å². The molecule has 0 N–H and O–H groups in total. The average molecular weight is 296 g/mol. The lowest BCUT2D eigenvalue weighted by Gasteiger charge is -2.41. The first kappa shape index (κ1) is 15.5. The van der Waals surface area contributed by atoms with Gasteiger partial charge in [-0.05, 0) is 31.9 Å². The summed E-state index contributed by atoms with van der Waals surface area (Å²) in [4.78, 5) is 15.1. The van der Waals surface area contributed by atoms with E-state index in [1.54, 1.807) is 6.07 Å². The number of aryl methyl sites for hydroxylation is 1. The number of carbonyl (C=O) groups is 1. The number of benzene rings is 1. The monoisotopic (exact) mass is 295 g/mol. The molecule has 0 radical (unpaired) electrons. The minimum absolute atomic E-state index is 0.142. The molecule has 110 valence electrons. The number of rotatable bonds is 4. The van der Waals surface area contributed by atoms with E-state index in [1.807, 2.05) is 26.0 Å². The highest BCUT2D eigenvalue weighted by Crippen LogP contribution is 2.27. The Balaban J connectivity index is 2.29. The molecule has 1 aliphatic heterocycles. The Labute approximate surface area is 125 Å². The van der Waals surface area contributed by atoms with Crippen molar-refractivity contribution in [2.75, 3.05) is 26.3 Å². The molecule has 3 nitrogen and oxygen atoms in total. The minimum atomic E-state index is -0.484. The number of ether oxygens (including phenoxy) is 1. The first-order chi connectivity index (χ1) is 9.49. The van der Waals surface area contributed by atoms with E-state index < -0.39 is 5.54 Å². The van der Waals surface area contributed by atoms with Crippen molar-refractivity contribution in [3.63, 3.8) is 0 Å². The van der Waals surface area contributed by atoms with Crippen molar-refractivity contribution >= 4 is 17.4 Å². The Morgan fingerprint density at radius 2 is 2.05 bits per heavy atom. The first-order valence-electron chi connectivity index (χ1n) is 7.13. The summed E-state index contributed by atoms with van der Waals surface area (Å²) in [6.07, 6.45) is 0.775. The van der Waals surface area contributed by atoms with Gasteiger partial charge >= 0.3 is 0 Å². The van der Waals surface area contributed by atoms with Crippen LogP contribution in [0, 0.1) is 6.92 Å². The van der Waals surface area contributed by atoms with E-state index in [1.165, 1.54) is 0 Å². The van der Waals surface area contributed by atoms with Crippen molar-refractivity contribution in [3.05, 3.63) is 34.3 Å². The van der Waals surface area contributed by atoms with E-state index in [4.69, 9.17) is 16.3 Å². The van der Waals surface area contributed by atoms with E-state index in [-0.39, 0.29) is 5.78 Å². The summed E-state index contributed by atoms with van der Waals surface area (Å²) in [7, 11) is 0. The number of hydrogen-bond donors (Lipinski definition) is 0. The molecule has 2 rings (SSSR count). The van der Waals surface area contributed by atoms with Crippen LogP contribution in [0.1, 0.15) is 36.2 Å². The van der Waals surface area contributed by atoms with E-state index in [0.717, 1.165) is 25.1 Å². The number of halogens is 1. The lowest BCUT2D eigenvalue weighted by atomic mass is 9.86. The number of nitrogens with zero attached hydrogens (tertiary/aromatic N) is 1. The fourth-order valence-corrected chi connectivity index (χ4v) is 2.81. The fourth-order valence-electron chi connectivity index (χ4n) is 2.63. The van der Waals surface area contributed by atoms with E-state index in [2.05, 4.69) is 11.8 Å². The van der Waals surface area contributed by atoms with Gasteiger partial charge in [0.05, 0.1) is 18.8 Å². The molecule has 0 amide bonds. The van der Waals surface area contributed by atoms with Gasteiger partial charge in [0.25, 0.3) is 0 Å². The topological polar surface area (TPSA) is 29.5 Å². The van der Waals surface area contributed by atoms with Crippen LogP contribution in [-0.4, -0.2) is 42.5 Å². The molecule has 0 aromatic heterocycles. The van der Waals surface area contributed by atoms with Gasteiger partial charge < -0.3 is 4.74 Å². The zero-order valence-electron chi connectivity index (χ0n) is 12.4. The molecule has 0 saturated carbocycles. The van der Waals surface area contributed by atoms with Crippen LogP contribution in [0.2, 0.25) is 5.02 Å². The van der Waals surface area contributed by atoms with Crippen LogP contribution in [0.15, 0.2) is 18.2 Å². The Kier molecular flexibility index (Phi) is 4.84. The Morgan fingerprint density at radius 3 is 2.60 bits per heavy atom. The summed E-state index contributed by atoms with van der Waals surface area (Å²) in [6, 6.07) is 5.57. The molecule has 1 unspecified atom stereocenters. The molecule has 0 bridgehead atoms. The van der Waals surface area contributed by atoms with Gasteiger partial charge in [0.2, 0.25) is 0 Å². The quantitative estimate of drug-likeness (QED) is 0.798. The largest absolute Gasteiger partial charge is 0.379 e. The van der Waals surface area contributed by atoms with Gasteiger partial charge in [-0.3, -0.25) is 9.69 Å². The summed E-state index contributed by atoms with van der Waals surface area (Å²) >= 11 is 6.15. The van der Waals surface area contributed by atoms with Gasteiger partial charge in [-0.25, -0.2) is 0 Å². The van der Waals surface area contributed by atoms with Gasteiger partial charge in [0.1, 0.15) is 0 Å². The van der Waals surface area contributed by atoms with Crippen LogP contribution in [0.25, 0.3) is 0 Å².